The standard InChI is InChI=1S/C65H39NO2/c1-2-18-41(19-3-1)66(57-34-17-31-53-48-24-13-15-35-58(48)67-62(53)57)42-38-36-40(37-39-42)43-30-16-33-56-59(43)54-29-12-14-32-55(54)65(56)60-49-25-8-4-20-44(49)46-22-6-10-27-51(46)63(60)68-64-52-28-11-7-23-47(52)45-21-5-9-26-50(45)61(64)65/h1-39H. The molecule has 0 radical (unpaired) electrons. The van der Waals surface area contributed by atoms with E-state index in [-0.39, 0.29) is 0 Å². The van der Waals surface area contributed by atoms with Crippen LogP contribution in [0.5, 0.6) is 11.5 Å². The molecule has 1 aliphatic carbocycles. The molecular weight excluding hydrogens is 827 g/mol. The smallest absolute Gasteiger partial charge is 0.159 e. The zero-order chi connectivity index (χ0) is 44.5. The largest absolute Gasteiger partial charge is 0.455 e. The lowest BCUT2D eigenvalue weighted by atomic mass is 9.63. The molecule has 0 N–H and O–H groups in total. The van der Waals surface area contributed by atoms with Gasteiger partial charge in [-0.15, -0.1) is 0 Å². The second-order valence-electron chi connectivity index (χ2n) is 18.2. The second-order valence-corrected chi connectivity index (χ2v) is 18.2. The molecule has 0 amide bonds. The van der Waals surface area contributed by atoms with Crippen LogP contribution in [0.3, 0.4) is 0 Å². The monoisotopic (exact) mass is 865 g/mol. The van der Waals surface area contributed by atoms with Crippen molar-refractivity contribution in [3.8, 4) is 33.8 Å². The predicted octanol–water partition coefficient (Wildman–Crippen LogP) is 17.8. The minimum atomic E-state index is -0.743. The Kier molecular flexibility index (Phi) is 7.71. The SMILES string of the molecule is c1ccc(N(c2ccc(-c3cccc4c3-c3ccccc3C43c4c(c5ccccc5c5ccccc45)Oc4c3c3ccccc3c3ccccc43)cc2)c2cccc3c2oc2ccccc23)cc1. The van der Waals surface area contributed by atoms with Crippen LogP contribution < -0.4 is 9.64 Å². The minimum absolute atomic E-state index is 0.743. The summed E-state index contributed by atoms with van der Waals surface area (Å²) in [6, 6.07) is 86.1. The number of nitrogens with zero attached hydrogens (tertiary/aromatic N) is 1. The number of rotatable bonds is 4. The highest BCUT2D eigenvalue weighted by Gasteiger charge is 2.54. The molecule has 0 atom stereocenters. The second kappa shape index (κ2) is 14.0. The normalized spacial score (nSPS) is 13.2. The van der Waals surface area contributed by atoms with Crippen molar-refractivity contribution in [2.45, 2.75) is 5.41 Å². The van der Waals surface area contributed by atoms with Crippen LogP contribution in [0, 0.1) is 0 Å². The van der Waals surface area contributed by atoms with Crippen LogP contribution in [-0.4, -0.2) is 0 Å². The Morgan fingerprint density at radius 3 is 1.46 bits per heavy atom. The fourth-order valence-electron chi connectivity index (χ4n) is 12.2. The van der Waals surface area contributed by atoms with E-state index >= 15 is 0 Å². The highest BCUT2D eigenvalue weighted by Crippen LogP contribution is 2.67. The van der Waals surface area contributed by atoms with Crippen molar-refractivity contribution >= 4 is 82.1 Å². The zero-order valence-corrected chi connectivity index (χ0v) is 36.8. The average Bonchev–Trinajstić information content (AvgIpc) is 3.94. The van der Waals surface area contributed by atoms with Gasteiger partial charge in [0.15, 0.2) is 5.58 Å². The van der Waals surface area contributed by atoms with Gasteiger partial charge in [0.1, 0.15) is 17.1 Å². The molecule has 2 heterocycles. The number of anilines is 3. The lowest BCUT2D eigenvalue weighted by Gasteiger charge is -2.42. The van der Waals surface area contributed by atoms with Gasteiger partial charge in [-0.25, -0.2) is 0 Å². The third-order valence-corrected chi connectivity index (χ3v) is 14.9. The number of hydrogen-bond acceptors (Lipinski definition) is 3. The van der Waals surface area contributed by atoms with E-state index in [1.165, 1.54) is 71.3 Å². The highest BCUT2D eigenvalue weighted by molar-refractivity contribution is 6.19. The summed E-state index contributed by atoms with van der Waals surface area (Å²) in [5.41, 5.74) is 13.8. The van der Waals surface area contributed by atoms with Crippen LogP contribution in [0.15, 0.2) is 241 Å². The maximum atomic E-state index is 7.59. The van der Waals surface area contributed by atoms with E-state index in [9.17, 15) is 0 Å². The van der Waals surface area contributed by atoms with Crippen molar-refractivity contribution in [3.63, 3.8) is 0 Å². The molecule has 1 aliphatic heterocycles. The number of para-hydroxylation sites is 3. The van der Waals surface area contributed by atoms with Crippen molar-refractivity contribution in [3.05, 3.63) is 259 Å². The van der Waals surface area contributed by atoms with E-state index in [1.54, 1.807) is 0 Å². The van der Waals surface area contributed by atoms with Gasteiger partial charge in [-0.1, -0.05) is 200 Å². The van der Waals surface area contributed by atoms with E-state index < -0.39 is 5.41 Å². The molecule has 0 saturated heterocycles. The highest BCUT2D eigenvalue weighted by atomic mass is 16.5. The van der Waals surface area contributed by atoms with Gasteiger partial charge in [0, 0.05) is 44.0 Å². The molecule has 0 bridgehead atoms. The van der Waals surface area contributed by atoms with E-state index in [0.29, 0.717) is 0 Å². The van der Waals surface area contributed by atoms with Crippen LogP contribution in [0.25, 0.3) is 87.3 Å². The fourth-order valence-corrected chi connectivity index (χ4v) is 12.2. The fraction of sp³-hybridized carbons (Fsp3) is 0.0154. The number of furan rings is 1. The third kappa shape index (κ3) is 4.92. The quantitative estimate of drug-likeness (QED) is 0.165. The van der Waals surface area contributed by atoms with Gasteiger partial charge in [-0.2, -0.15) is 0 Å². The molecule has 3 nitrogen and oxygen atoms in total. The molecule has 3 heteroatoms. The summed E-state index contributed by atoms with van der Waals surface area (Å²) in [6.45, 7) is 0. The Labute approximate surface area is 392 Å². The summed E-state index contributed by atoms with van der Waals surface area (Å²) in [4.78, 5) is 2.31. The molecule has 1 aromatic heterocycles. The topological polar surface area (TPSA) is 25.6 Å². The van der Waals surface area contributed by atoms with Crippen LogP contribution in [0.4, 0.5) is 17.1 Å². The number of fused-ring (bicyclic) bond motifs is 22. The average molecular weight is 866 g/mol. The summed E-state index contributed by atoms with van der Waals surface area (Å²) >= 11 is 0. The van der Waals surface area contributed by atoms with Crippen molar-refractivity contribution in [2.24, 2.45) is 0 Å². The van der Waals surface area contributed by atoms with E-state index in [4.69, 9.17) is 9.15 Å². The Morgan fingerprint density at radius 2 is 0.794 bits per heavy atom. The maximum Gasteiger partial charge on any atom is 0.159 e. The number of hydrogen-bond donors (Lipinski definition) is 0. The van der Waals surface area contributed by atoms with Crippen LogP contribution in [-0.2, 0) is 5.41 Å². The first kappa shape index (κ1) is 37.3. The maximum absolute atomic E-state index is 7.59. The molecule has 2 aliphatic rings. The van der Waals surface area contributed by atoms with Crippen molar-refractivity contribution in [1.82, 2.24) is 0 Å². The van der Waals surface area contributed by atoms with Crippen LogP contribution in [0.1, 0.15) is 22.3 Å². The van der Waals surface area contributed by atoms with Crippen LogP contribution in [0.2, 0.25) is 0 Å². The number of benzene rings is 12. The summed E-state index contributed by atoms with van der Waals surface area (Å²) in [5.74, 6) is 1.84. The summed E-state index contributed by atoms with van der Waals surface area (Å²) < 4.78 is 14.2. The predicted molar refractivity (Wildman–Crippen MR) is 281 cm³/mol. The summed E-state index contributed by atoms with van der Waals surface area (Å²) in [6.07, 6.45) is 0. The lowest BCUT2D eigenvalue weighted by molar-refractivity contribution is 0.451. The summed E-state index contributed by atoms with van der Waals surface area (Å²) in [5, 5.41) is 11.6. The third-order valence-electron chi connectivity index (χ3n) is 14.9. The van der Waals surface area contributed by atoms with Crippen LogP contribution >= 0.6 is 0 Å². The van der Waals surface area contributed by atoms with Gasteiger partial charge in [0.2, 0.25) is 0 Å². The van der Waals surface area contributed by atoms with Gasteiger partial charge < -0.3 is 14.1 Å². The van der Waals surface area contributed by atoms with Gasteiger partial charge in [-0.05, 0) is 102 Å². The molecular formula is C65H39NO2. The van der Waals surface area contributed by atoms with E-state index in [2.05, 4.69) is 229 Å². The first-order valence-corrected chi connectivity index (χ1v) is 23.4. The Bertz CT molecular complexity index is 4120. The van der Waals surface area contributed by atoms with Gasteiger partial charge in [-0.3, -0.25) is 0 Å². The van der Waals surface area contributed by atoms with Gasteiger partial charge >= 0.3 is 0 Å². The van der Waals surface area contributed by atoms with Crippen molar-refractivity contribution in [1.29, 1.82) is 0 Å². The Morgan fingerprint density at radius 1 is 0.324 bits per heavy atom. The molecule has 12 aromatic carbocycles. The van der Waals surface area contributed by atoms with Crippen molar-refractivity contribution in [2.75, 3.05) is 4.90 Å². The van der Waals surface area contributed by atoms with Gasteiger partial charge in [0.05, 0.1) is 11.1 Å². The Balaban J connectivity index is 1.01. The first-order valence-electron chi connectivity index (χ1n) is 23.4. The molecule has 316 valence electrons. The molecule has 15 rings (SSSR count). The Hall–Kier alpha value is -8.92. The molecule has 13 aromatic rings. The summed E-state index contributed by atoms with van der Waals surface area (Å²) in [7, 11) is 0. The van der Waals surface area contributed by atoms with E-state index in [0.717, 1.165) is 66.8 Å². The molecule has 0 fully saturated rings. The molecule has 0 saturated carbocycles. The molecule has 68 heavy (non-hydrogen) atoms. The number of ether oxygens (including phenoxy) is 1. The van der Waals surface area contributed by atoms with Crippen molar-refractivity contribution < 1.29 is 9.15 Å². The first-order chi connectivity index (χ1) is 33.8. The van der Waals surface area contributed by atoms with Gasteiger partial charge in [0.25, 0.3) is 0 Å². The molecule has 1 spiro atoms. The van der Waals surface area contributed by atoms with E-state index in [1.807, 2.05) is 12.1 Å². The molecule has 0 unspecified atom stereocenters. The minimum Gasteiger partial charge on any atom is -0.455 e. The zero-order valence-electron chi connectivity index (χ0n) is 36.8. The lowest BCUT2D eigenvalue weighted by Crippen LogP contribution is -2.33.